The number of benzene rings is 1. The molecule has 0 N–H and O–H groups in total. The van der Waals surface area contributed by atoms with Crippen LogP contribution in [0.5, 0.6) is 11.9 Å². The topological polar surface area (TPSA) is 47.5 Å². The average molecular weight is 524 g/mol. The zero-order valence-corrected chi connectivity index (χ0v) is 19.0. The fourth-order valence-corrected chi connectivity index (χ4v) is 5.03. The van der Waals surface area contributed by atoms with Crippen LogP contribution in [-0.2, 0) is 6.18 Å². The average Bonchev–Trinajstić information content (AvgIpc) is 3.24. The Kier molecular flexibility index (Phi) is 6.50. The monoisotopic (exact) mass is 523 g/mol. The van der Waals surface area contributed by atoms with E-state index >= 15 is 0 Å². The van der Waals surface area contributed by atoms with E-state index in [1.807, 2.05) is 11.8 Å². The first-order valence-corrected chi connectivity index (χ1v) is 11.4. The van der Waals surface area contributed by atoms with Gasteiger partial charge in [-0.15, -0.1) is 0 Å². The summed E-state index contributed by atoms with van der Waals surface area (Å²) in [6.07, 6.45) is -2.28. The van der Waals surface area contributed by atoms with Crippen LogP contribution in [0.2, 0.25) is 0 Å². The second-order valence-electron chi connectivity index (χ2n) is 8.32. The summed E-state index contributed by atoms with van der Waals surface area (Å²) in [5, 5.41) is -0.188. The molecule has 2 saturated heterocycles. The van der Waals surface area contributed by atoms with E-state index in [1.165, 1.54) is 0 Å². The summed E-state index contributed by atoms with van der Waals surface area (Å²) < 4.78 is 79.7. The number of fused-ring (bicyclic) bond motifs is 2. The Balaban J connectivity index is 1.71. The van der Waals surface area contributed by atoms with Gasteiger partial charge in [-0.2, -0.15) is 23.1 Å². The number of aromatic nitrogens is 2. The Hall–Kier alpha value is -1.75. The summed E-state index contributed by atoms with van der Waals surface area (Å²) in [5.74, 6) is -1.35. The molecule has 0 radical (unpaired) electrons. The van der Waals surface area contributed by atoms with E-state index in [4.69, 9.17) is 9.47 Å². The molecule has 1 aromatic carbocycles. The predicted octanol–water partition coefficient (Wildman–Crippen LogP) is 5.68. The van der Waals surface area contributed by atoms with Crippen LogP contribution in [0.25, 0.3) is 10.9 Å². The van der Waals surface area contributed by atoms with Gasteiger partial charge in [0.2, 0.25) is 5.88 Å². The minimum atomic E-state index is -4.78. The lowest BCUT2D eigenvalue weighted by Crippen LogP contribution is -2.43. The number of hydrogen-bond acceptors (Lipinski definition) is 5. The lowest BCUT2D eigenvalue weighted by molar-refractivity contribution is -0.138. The summed E-state index contributed by atoms with van der Waals surface area (Å²) in [7, 11) is 0. The second-order valence-corrected chi connectivity index (χ2v) is 9.12. The number of ether oxygens (including phenoxy) is 2. The van der Waals surface area contributed by atoms with E-state index in [1.54, 1.807) is 0 Å². The number of rotatable bonds is 7. The first-order valence-electron chi connectivity index (χ1n) is 10.6. The zero-order valence-electron chi connectivity index (χ0n) is 17.4. The van der Waals surface area contributed by atoms with E-state index < -0.39 is 33.7 Å². The van der Waals surface area contributed by atoms with Crippen LogP contribution < -0.4 is 9.47 Å². The number of nitrogens with zero attached hydrogens (tertiary/aromatic N) is 3. The molecule has 2 atom stereocenters. The smallest absolute Gasteiger partial charge is 0.417 e. The van der Waals surface area contributed by atoms with Crippen molar-refractivity contribution in [2.75, 3.05) is 26.3 Å². The molecule has 11 heteroatoms. The molecule has 0 bridgehead atoms. The predicted molar refractivity (Wildman–Crippen MR) is 111 cm³/mol. The third kappa shape index (κ3) is 4.37. The Labute approximate surface area is 190 Å². The molecular weight excluding hydrogens is 501 g/mol. The normalized spacial score (nSPS) is 23.7. The molecule has 0 aliphatic carbocycles. The van der Waals surface area contributed by atoms with Crippen LogP contribution in [0, 0.1) is 5.82 Å². The molecule has 0 saturated carbocycles. The van der Waals surface area contributed by atoms with Gasteiger partial charge in [0.25, 0.3) is 0 Å². The maximum atomic E-state index is 14.9. The number of halogens is 6. The fourth-order valence-electron chi connectivity index (χ4n) is 4.50. The molecular formula is C21H23BrF5N3O2. The molecule has 32 heavy (non-hydrogen) atoms. The van der Waals surface area contributed by atoms with Crippen LogP contribution in [0.15, 0.2) is 10.5 Å². The van der Waals surface area contributed by atoms with Gasteiger partial charge in [0.05, 0.1) is 27.6 Å². The molecule has 0 spiro atoms. The Morgan fingerprint density at radius 3 is 2.78 bits per heavy atom. The van der Waals surface area contributed by atoms with Gasteiger partial charge in [-0.25, -0.2) is 8.78 Å². The molecule has 2 fully saturated rings. The van der Waals surface area contributed by atoms with Crippen molar-refractivity contribution in [3.63, 3.8) is 0 Å². The highest BCUT2D eigenvalue weighted by Crippen LogP contribution is 2.42. The summed E-state index contributed by atoms with van der Waals surface area (Å²) in [4.78, 5) is 10.2. The highest BCUT2D eigenvalue weighted by Gasteiger charge is 2.49. The fraction of sp³-hybridized carbons (Fsp3) is 0.619. The highest BCUT2D eigenvalue weighted by molar-refractivity contribution is 9.10. The molecule has 5 nitrogen and oxygen atoms in total. The van der Waals surface area contributed by atoms with E-state index in [2.05, 4.69) is 25.9 Å². The van der Waals surface area contributed by atoms with Gasteiger partial charge < -0.3 is 9.47 Å². The molecule has 3 heterocycles. The molecule has 0 unspecified atom stereocenters. The number of alkyl halides is 4. The van der Waals surface area contributed by atoms with Crippen LogP contribution in [0.3, 0.4) is 0 Å². The Morgan fingerprint density at radius 2 is 2.06 bits per heavy atom. The van der Waals surface area contributed by atoms with Crippen molar-refractivity contribution in [3.8, 4) is 11.9 Å². The summed E-state index contributed by atoms with van der Waals surface area (Å²) >= 11 is 2.70. The Morgan fingerprint density at radius 1 is 1.28 bits per heavy atom. The minimum absolute atomic E-state index is 0.108. The molecule has 2 aromatic rings. The number of hydrogen-bond donors (Lipinski definition) is 0. The van der Waals surface area contributed by atoms with Gasteiger partial charge in [0, 0.05) is 13.0 Å². The van der Waals surface area contributed by atoms with Crippen LogP contribution >= 0.6 is 15.9 Å². The van der Waals surface area contributed by atoms with Gasteiger partial charge in [0.15, 0.2) is 5.82 Å². The number of unbranched alkanes of at least 4 members (excludes halogenated alkanes) is 1. The third-order valence-corrected chi connectivity index (χ3v) is 6.86. The van der Waals surface area contributed by atoms with Crippen molar-refractivity contribution < 1.29 is 31.4 Å². The quantitative estimate of drug-likeness (QED) is 0.345. The molecule has 1 aromatic heterocycles. The van der Waals surface area contributed by atoms with E-state index in [-0.39, 0.29) is 36.0 Å². The first-order chi connectivity index (χ1) is 15.1. The Bertz CT molecular complexity index is 1010. The summed E-state index contributed by atoms with van der Waals surface area (Å²) in [6.45, 7) is 3.35. The third-order valence-electron chi connectivity index (χ3n) is 6.09. The standard InChI is InChI=1S/C21H23BrF5N3O2/c1-2-3-7-31-18-13-8-14(21(25,26)27)15(22)16(24)17(13)28-19(29-18)32-11-20-5-4-6-30(20)10-12(23)9-20/h8,12H,2-7,9-11H2,1H3/t12-,20+/m1/s1. The van der Waals surface area contributed by atoms with Crippen molar-refractivity contribution in [1.29, 1.82) is 0 Å². The zero-order chi connectivity index (χ0) is 23.1. The lowest BCUT2D eigenvalue weighted by atomic mass is 9.95. The minimum Gasteiger partial charge on any atom is -0.477 e. The largest absolute Gasteiger partial charge is 0.477 e. The second kappa shape index (κ2) is 8.89. The molecule has 2 aliphatic heterocycles. The van der Waals surface area contributed by atoms with Gasteiger partial charge in [-0.05, 0) is 47.8 Å². The van der Waals surface area contributed by atoms with Crippen LogP contribution in [0.4, 0.5) is 22.0 Å². The van der Waals surface area contributed by atoms with Crippen molar-refractivity contribution >= 4 is 26.8 Å². The SMILES string of the molecule is CCCCOc1nc(OC[C@@]23CCCN2C[C@H](F)C3)nc2c(F)c(Br)c(C(F)(F)F)cc12. The molecule has 0 amide bonds. The highest BCUT2D eigenvalue weighted by atomic mass is 79.9. The maximum absolute atomic E-state index is 14.9. The van der Waals surface area contributed by atoms with Gasteiger partial charge in [-0.1, -0.05) is 13.3 Å². The maximum Gasteiger partial charge on any atom is 0.417 e. The van der Waals surface area contributed by atoms with E-state index in [0.29, 0.717) is 19.4 Å². The van der Waals surface area contributed by atoms with E-state index in [0.717, 1.165) is 31.9 Å². The van der Waals surface area contributed by atoms with Gasteiger partial charge in [-0.3, -0.25) is 4.90 Å². The van der Waals surface area contributed by atoms with Crippen LogP contribution in [0.1, 0.15) is 44.6 Å². The van der Waals surface area contributed by atoms with E-state index in [9.17, 15) is 22.0 Å². The first kappa shape index (κ1) is 23.4. The van der Waals surface area contributed by atoms with Crippen molar-refractivity contribution in [1.82, 2.24) is 14.9 Å². The van der Waals surface area contributed by atoms with Crippen molar-refractivity contribution in [2.45, 2.75) is 56.9 Å². The van der Waals surface area contributed by atoms with Gasteiger partial charge in [0.1, 0.15) is 18.3 Å². The molecule has 4 rings (SSSR count). The van der Waals surface area contributed by atoms with Crippen molar-refractivity contribution in [3.05, 3.63) is 21.9 Å². The summed E-state index contributed by atoms with van der Waals surface area (Å²) in [6, 6.07) is 0.563. The lowest BCUT2D eigenvalue weighted by Gasteiger charge is -2.30. The summed E-state index contributed by atoms with van der Waals surface area (Å²) in [5.41, 5.74) is -1.99. The molecule has 176 valence electrons. The molecule has 2 aliphatic rings. The van der Waals surface area contributed by atoms with Crippen molar-refractivity contribution in [2.24, 2.45) is 0 Å². The van der Waals surface area contributed by atoms with Crippen LogP contribution in [-0.4, -0.2) is 52.9 Å². The van der Waals surface area contributed by atoms with Gasteiger partial charge >= 0.3 is 12.2 Å².